The number of benzene rings is 1. The molecule has 0 saturated carbocycles. The molecular weight excluding hydrogens is 236 g/mol. The third-order valence-corrected chi connectivity index (χ3v) is 2.51. The summed E-state index contributed by atoms with van der Waals surface area (Å²) in [5, 5.41) is 9.36. The van der Waals surface area contributed by atoms with Crippen molar-refractivity contribution in [2.24, 2.45) is 0 Å². The van der Waals surface area contributed by atoms with Gasteiger partial charge in [0.1, 0.15) is 11.5 Å². The zero-order chi connectivity index (χ0) is 13.5. The molecule has 0 heterocycles. The highest BCUT2D eigenvalue weighted by Crippen LogP contribution is 2.25. The second-order valence-corrected chi connectivity index (χ2v) is 3.67. The molecule has 18 heavy (non-hydrogen) atoms. The van der Waals surface area contributed by atoms with Gasteiger partial charge in [0.15, 0.2) is 6.10 Å². The van der Waals surface area contributed by atoms with Crippen LogP contribution in [0.5, 0.6) is 11.5 Å². The lowest BCUT2D eigenvalue weighted by Gasteiger charge is -2.16. The smallest absolute Gasteiger partial charge is 0.335 e. The quantitative estimate of drug-likeness (QED) is 0.780. The first-order valence-electron chi connectivity index (χ1n) is 5.67. The molecule has 0 radical (unpaired) electrons. The van der Waals surface area contributed by atoms with Crippen molar-refractivity contribution in [3.05, 3.63) is 23.8 Å². The van der Waals surface area contributed by atoms with Crippen LogP contribution in [0.4, 0.5) is 0 Å². The van der Waals surface area contributed by atoms with Gasteiger partial charge in [0, 0.05) is 19.1 Å². The highest BCUT2D eigenvalue weighted by molar-refractivity contribution is 5.75. The summed E-state index contributed by atoms with van der Waals surface area (Å²) < 4.78 is 15.2. The van der Waals surface area contributed by atoms with Crippen molar-refractivity contribution in [1.29, 1.82) is 0 Å². The molecule has 0 aromatic heterocycles. The Bertz CT molecular complexity index is 402. The molecule has 0 spiro atoms. The van der Waals surface area contributed by atoms with Crippen LogP contribution >= 0.6 is 0 Å². The van der Waals surface area contributed by atoms with E-state index in [0.717, 1.165) is 5.56 Å². The second-order valence-electron chi connectivity index (χ2n) is 3.67. The number of hydrogen-bond donors (Lipinski definition) is 1. The fourth-order valence-electron chi connectivity index (χ4n) is 1.64. The number of phenols is 1. The number of rotatable bonds is 6. The molecule has 1 aromatic rings. The molecule has 0 amide bonds. The normalized spacial score (nSPS) is 11.9. The molecular formula is C13H18O5. The molecule has 0 saturated heterocycles. The lowest BCUT2D eigenvalue weighted by atomic mass is 10.1. The monoisotopic (exact) mass is 254 g/mol. The maximum absolute atomic E-state index is 11.5. The zero-order valence-electron chi connectivity index (χ0n) is 10.8. The van der Waals surface area contributed by atoms with Crippen LogP contribution in [-0.2, 0) is 20.7 Å². The van der Waals surface area contributed by atoms with Crippen molar-refractivity contribution in [1.82, 2.24) is 0 Å². The standard InChI is InChI=1S/C13H18O5/c1-4-18-12(13(15)17-3)7-9-5-6-10(14)8-11(9)16-2/h5-6,8,12,14H,4,7H2,1-3H3. The number of hydrogen-bond acceptors (Lipinski definition) is 5. The van der Waals surface area contributed by atoms with Crippen LogP contribution in [0.25, 0.3) is 0 Å². The molecule has 1 atom stereocenters. The van der Waals surface area contributed by atoms with Gasteiger partial charge in [-0.05, 0) is 18.6 Å². The van der Waals surface area contributed by atoms with E-state index in [-0.39, 0.29) is 5.75 Å². The maximum atomic E-state index is 11.5. The van der Waals surface area contributed by atoms with E-state index in [0.29, 0.717) is 18.8 Å². The maximum Gasteiger partial charge on any atom is 0.335 e. The van der Waals surface area contributed by atoms with Gasteiger partial charge in [-0.2, -0.15) is 0 Å². The minimum atomic E-state index is -0.668. The highest BCUT2D eigenvalue weighted by Gasteiger charge is 2.21. The number of aromatic hydroxyl groups is 1. The fourth-order valence-corrected chi connectivity index (χ4v) is 1.64. The first kappa shape index (κ1) is 14.3. The van der Waals surface area contributed by atoms with Gasteiger partial charge in [0.2, 0.25) is 0 Å². The summed E-state index contributed by atoms with van der Waals surface area (Å²) in [6, 6.07) is 4.73. The largest absolute Gasteiger partial charge is 0.508 e. The van der Waals surface area contributed by atoms with Crippen LogP contribution < -0.4 is 4.74 Å². The van der Waals surface area contributed by atoms with Crippen molar-refractivity contribution < 1.29 is 24.1 Å². The Morgan fingerprint density at radius 1 is 1.39 bits per heavy atom. The van der Waals surface area contributed by atoms with E-state index in [2.05, 4.69) is 4.74 Å². The van der Waals surface area contributed by atoms with Gasteiger partial charge in [0.25, 0.3) is 0 Å². The van der Waals surface area contributed by atoms with Crippen LogP contribution in [0.2, 0.25) is 0 Å². The summed E-state index contributed by atoms with van der Waals surface area (Å²) in [5.41, 5.74) is 0.777. The van der Waals surface area contributed by atoms with Gasteiger partial charge in [-0.1, -0.05) is 6.07 Å². The van der Waals surface area contributed by atoms with Crippen molar-refractivity contribution in [3.8, 4) is 11.5 Å². The average molecular weight is 254 g/mol. The molecule has 1 rings (SSSR count). The van der Waals surface area contributed by atoms with Crippen LogP contribution in [-0.4, -0.2) is 38.0 Å². The molecule has 0 bridgehead atoms. The van der Waals surface area contributed by atoms with Gasteiger partial charge in [0.05, 0.1) is 14.2 Å². The lowest BCUT2D eigenvalue weighted by molar-refractivity contribution is -0.153. The number of phenolic OH excluding ortho intramolecular Hbond substituents is 1. The number of esters is 1. The topological polar surface area (TPSA) is 65.0 Å². The van der Waals surface area contributed by atoms with Crippen molar-refractivity contribution in [2.75, 3.05) is 20.8 Å². The Hall–Kier alpha value is -1.75. The first-order valence-corrected chi connectivity index (χ1v) is 5.67. The Morgan fingerprint density at radius 2 is 2.11 bits per heavy atom. The number of methoxy groups -OCH3 is 2. The summed E-state index contributed by atoms with van der Waals surface area (Å²) in [6.45, 7) is 2.23. The Labute approximate surface area is 106 Å². The number of carbonyl (C=O) groups is 1. The third-order valence-electron chi connectivity index (χ3n) is 2.51. The molecule has 1 aromatic carbocycles. The van der Waals surface area contributed by atoms with E-state index in [1.54, 1.807) is 6.07 Å². The summed E-state index contributed by atoms with van der Waals surface area (Å²) >= 11 is 0. The molecule has 1 unspecified atom stereocenters. The molecule has 0 aliphatic carbocycles. The van der Waals surface area contributed by atoms with Gasteiger partial charge in [-0.25, -0.2) is 4.79 Å². The molecule has 5 nitrogen and oxygen atoms in total. The minimum absolute atomic E-state index is 0.113. The Kier molecular flexibility index (Phi) is 5.45. The van der Waals surface area contributed by atoms with Crippen LogP contribution in [0.3, 0.4) is 0 Å². The van der Waals surface area contributed by atoms with Crippen molar-refractivity contribution in [2.45, 2.75) is 19.4 Å². The molecule has 0 aliphatic rings. The molecule has 0 fully saturated rings. The summed E-state index contributed by atoms with van der Waals surface area (Å²) in [7, 11) is 2.83. The minimum Gasteiger partial charge on any atom is -0.508 e. The number of carbonyl (C=O) groups excluding carboxylic acids is 1. The van der Waals surface area contributed by atoms with Crippen LogP contribution in [0.1, 0.15) is 12.5 Å². The second kappa shape index (κ2) is 6.86. The Balaban J connectivity index is 2.89. The number of ether oxygens (including phenoxy) is 3. The van der Waals surface area contributed by atoms with E-state index in [4.69, 9.17) is 9.47 Å². The first-order chi connectivity index (χ1) is 8.62. The summed E-state index contributed by atoms with van der Waals surface area (Å²) in [4.78, 5) is 11.5. The molecule has 5 heteroatoms. The zero-order valence-corrected chi connectivity index (χ0v) is 10.8. The SMILES string of the molecule is CCOC(Cc1ccc(O)cc1OC)C(=O)OC. The van der Waals surface area contributed by atoms with E-state index >= 15 is 0 Å². The van der Waals surface area contributed by atoms with Crippen LogP contribution in [0, 0.1) is 0 Å². The molecule has 0 aliphatic heterocycles. The predicted octanol–water partition coefficient (Wildman–Crippen LogP) is 1.52. The summed E-state index contributed by atoms with van der Waals surface area (Å²) in [5.74, 6) is 0.206. The van der Waals surface area contributed by atoms with E-state index < -0.39 is 12.1 Å². The summed E-state index contributed by atoms with van der Waals surface area (Å²) in [6.07, 6.45) is -0.331. The average Bonchev–Trinajstić information content (AvgIpc) is 2.39. The van der Waals surface area contributed by atoms with Crippen molar-refractivity contribution in [3.63, 3.8) is 0 Å². The molecule has 100 valence electrons. The van der Waals surface area contributed by atoms with Gasteiger partial charge < -0.3 is 19.3 Å². The third kappa shape index (κ3) is 3.63. The van der Waals surface area contributed by atoms with Crippen LogP contribution in [0.15, 0.2) is 18.2 Å². The van der Waals surface area contributed by atoms with E-state index in [9.17, 15) is 9.90 Å². The molecule has 1 N–H and O–H groups in total. The van der Waals surface area contributed by atoms with Crippen molar-refractivity contribution >= 4 is 5.97 Å². The predicted molar refractivity (Wildman–Crippen MR) is 65.8 cm³/mol. The highest BCUT2D eigenvalue weighted by atomic mass is 16.6. The Morgan fingerprint density at radius 3 is 2.67 bits per heavy atom. The lowest BCUT2D eigenvalue weighted by Crippen LogP contribution is -2.28. The van der Waals surface area contributed by atoms with Gasteiger partial charge in [-0.15, -0.1) is 0 Å². The van der Waals surface area contributed by atoms with Gasteiger partial charge >= 0.3 is 5.97 Å². The van der Waals surface area contributed by atoms with E-state index in [1.165, 1.54) is 26.4 Å². The fraction of sp³-hybridized carbons (Fsp3) is 0.462. The van der Waals surface area contributed by atoms with E-state index in [1.807, 2.05) is 6.92 Å². The van der Waals surface area contributed by atoms with Gasteiger partial charge in [-0.3, -0.25) is 0 Å².